The van der Waals surface area contributed by atoms with Crippen molar-refractivity contribution >= 4 is 38.9 Å². The first kappa shape index (κ1) is 9.17. The van der Waals surface area contributed by atoms with Gasteiger partial charge in [-0.25, -0.2) is 0 Å². The van der Waals surface area contributed by atoms with Crippen LogP contribution in [0, 0.1) is 0 Å². The van der Waals surface area contributed by atoms with Crippen LogP contribution in [0.1, 0.15) is 19.3 Å². The van der Waals surface area contributed by atoms with Gasteiger partial charge in [-0.15, -0.1) is 0 Å². The molecule has 1 nitrogen and oxygen atoms in total. The molecule has 0 aliphatic heterocycles. The van der Waals surface area contributed by atoms with E-state index in [4.69, 9.17) is 3.07 Å². The van der Waals surface area contributed by atoms with Crippen LogP contribution < -0.4 is 0 Å². The molecule has 0 N–H and O–H groups in total. The van der Waals surface area contributed by atoms with Crippen LogP contribution >= 0.6 is 38.9 Å². The molecule has 0 aliphatic rings. The monoisotopic (exact) mass is 292 g/mol. The molecule has 50 valence electrons. The van der Waals surface area contributed by atoms with Crippen LogP contribution in [-0.2, 0) is 3.07 Å². The van der Waals surface area contributed by atoms with E-state index in [-0.39, 0.29) is 0 Å². The number of halogens is 2. The van der Waals surface area contributed by atoms with Crippen molar-refractivity contribution < 1.29 is 3.07 Å². The van der Waals surface area contributed by atoms with Crippen LogP contribution in [-0.4, -0.2) is 11.9 Å². The van der Waals surface area contributed by atoms with Crippen molar-refractivity contribution in [3.63, 3.8) is 0 Å². The van der Waals surface area contributed by atoms with Gasteiger partial charge in [0.1, 0.15) is 23.0 Å². The van der Waals surface area contributed by atoms with E-state index in [1.807, 2.05) is 23.0 Å². The van der Waals surface area contributed by atoms with Gasteiger partial charge in [0.05, 0.1) is 6.61 Å². The zero-order valence-electron chi connectivity index (χ0n) is 4.70. The molecular formula is C5H10BrIO. The van der Waals surface area contributed by atoms with E-state index in [9.17, 15) is 0 Å². The normalized spacial score (nSPS) is 9.75. The summed E-state index contributed by atoms with van der Waals surface area (Å²) < 4.78 is 4.84. The van der Waals surface area contributed by atoms with Crippen molar-refractivity contribution in [1.29, 1.82) is 0 Å². The first-order valence-corrected chi connectivity index (χ1v) is 4.71. The first-order chi connectivity index (χ1) is 3.91. The quantitative estimate of drug-likeness (QED) is 0.430. The van der Waals surface area contributed by atoms with E-state index < -0.39 is 0 Å². The van der Waals surface area contributed by atoms with Gasteiger partial charge in [-0.2, -0.15) is 0 Å². The Morgan fingerprint density at radius 2 is 2.00 bits per heavy atom. The second-order valence-corrected chi connectivity index (χ2v) is 2.98. The molecule has 3 heteroatoms. The van der Waals surface area contributed by atoms with Gasteiger partial charge in [-0.3, -0.25) is 0 Å². The molecule has 0 heterocycles. The predicted molar refractivity (Wildman–Crippen MR) is 47.6 cm³/mol. The van der Waals surface area contributed by atoms with Gasteiger partial charge >= 0.3 is 0 Å². The summed E-state index contributed by atoms with van der Waals surface area (Å²) in [6.07, 6.45) is 3.72. The van der Waals surface area contributed by atoms with Crippen molar-refractivity contribution in [2.75, 3.05) is 11.9 Å². The lowest BCUT2D eigenvalue weighted by Gasteiger charge is -1.93. The van der Waals surface area contributed by atoms with Crippen LogP contribution in [0.3, 0.4) is 0 Å². The highest BCUT2D eigenvalue weighted by atomic mass is 127. The van der Waals surface area contributed by atoms with E-state index in [0.717, 1.165) is 11.9 Å². The molecule has 0 saturated carbocycles. The number of hydrogen-bond acceptors (Lipinski definition) is 1. The summed E-state index contributed by atoms with van der Waals surface area (Å²) in [7, 11) is 0. The highest BCUT2D eigenvalue weighted by Crippen LogP contribution is 1.99. The number of alkyl halides is 1. The van der Waals surface area contributed by atoms with Crippen LogP contribution in [0.4, 0.5) is 0 Å². The summed E-state index contributed by atoms with van der Waals surface area (Å²) in [5.74, 6) is 0. The Kier molecular flexibility index (Phi) is 9.36. The third kappa shape index (κ3) is 7.17. The summed E-state index contributed by atoms with van der Waals surface area (Å²) in [6, 6.07) is 0. The fourth-order valence-electron chi connectivity index (χ4n) is 0.428. The maximum Gasteiger partial charge on any atom is 0.109 e. The zero-order chi connectivity index (χ0) is 6.24. The summed E-state index contributed by atoms with van der Waals surface area (Å²) in [5.41, 5.74) is 0. The van der Waals surface area contributed by atoms with Crippen molar-refractivity contribution in [2.24, 2.45) is 0 Å². The van der Waals surface area contributed by atoms with E-state index in [0.29, 0.717) is 0 Å². The Hall–Kier alpha value is 1.17. The highest BCUT2D eigenvalue weighted by molar-refractivity contribution is 14.1. The second kappa shape index (κ2) is 8.17. The predicted octanol–water partition coefficient (Wildman–Crippen LogP) is 2.92. The van der Waals surface area contributed by atoms with Gasteiger partial charge in [0, 0.05) is 5.33 Å². The molecule has 0 radical (unpaired) electrons. The van der Waals surface area contributed by atoms with Gasteiger partial charge in [0.15, 0.2) is 0 Å². The van der Waals surface area contributed by atoms with Gasteiger partial charge in [-0.1, -0.05) is 22.4 Å². The van der Waals surface area contributed by atoms with Crippen LogP contribution in [0.2, 0.25) is 0 Å². The number of rotatable bonds is 5. The zero-order valence-corrected chi connectivity index (χ0v) is 8.44. The summed E-state index contributed by atoms with van der Waals surface area (Å²) in [4.78, 5) is 0. The summed E-state index contributed by atoms with van der Waals surface area (Å²) in [6.45, 7) is 0.896. The Labute approximate surface area is 73.0 Å². The minimum atomic E-state index is 0.896. The minimum Gasteiger partial charge on any atom is -0.316 e. The van der Waals surface area contributed by atoms with Crippen LogP contribution in [0.15, 0.2) is 0 Å². The molecule has 0 aromatic heterocycles. The SMILES string of the molecule is BrCCCCCOI. The number of hydrogen-bond donors (Lipinski definition) is 0. The highest BCUT2D eigenvalue weighted by Gasteiger charge is 1.84. The average molecular weight is 293 g/mol. The van der Waals surface area contributed by atoms with Gasteiger partial charge in [-0.05, 0) is 12.8 Å². The Morgan fingerprint density at radius 3 is 2.50 bits per heavy atom. The standard InChI is InChI=1S/C5H10BrIO/c6-4-2-1-3-5-8-7/h1-5H2. The lowest BCUT2D eigenvalue weighted by molar-refractivity contribution is 0.405. The van der Waals surface area contributed by atoms with Gasteiger partial charge in [0.2, 0.25) is 0 Å². The lowest BCUT2D eigenvalue weighted by Crippen LogP contribution is -1.83. The largest absolute Gasteiger partial charge is 0.316 e. The van der Waals surface area contributed by atoms with Crippen LogP contribution in [0.25, 0.3) is 0 Å². The third-order valence-corrected chi connectivity index (χ3v) is 1.86. The topological polar surface area (TPSA) is 9.23 Å². The Bertz CT molecular complexity index is 37.4. The fourth-order valence-corrected chi connectivity index (χ4v) is 1.14. The molecule has 0 fully saturated rings. The molecular weight excluding hydrogens is 283 g/mol. The minimum absolute atomic E-state index is 0.896. The molecule has 0 atom stereocenters. The lowest BCUT2D eigenvalue weighted by atomic mass is 10.3. The van der Waals surface area contributed by atoms with Crippen molar-refractivity contribution in [2.45, 2.75) is 19.3 Å². The van der Waals surface area contributed by atoms with E-state index in [2.05, 4.69) is 15.9 Å². The molecule has 0 saturated heterocycles. The molecule has 0 unspecified atom stereocenters. The molecule has 0 rings (SSSR count). The van der Waals surface area contributed by atoms with Crippen molar-refractivity contribution in [1.82, 2.24) is 0 Å². The molecule has 0 aromatic rings. The Morgan fingerprint density at radius 1 is 1.25 bits per heavy atom. The number of unbranched alkanes of at least 4 members (excludes halogenated alkanes) is 2. The Balaban J connectivity index is 2.53. The van der Waals surface area contributed by atoms with Crippen molar-refractivity contribution in [3.05, 3.63) is 0 Å². The first-order valence-electron chi connectivity index (χ1n) is 2.71. The average Bonchev–Trinajstić information content (AvgIpc) is 1.81. The molecule has 0 spiro atoms. The van der Waals surface area contributed by atoms with Crippen LogP contribution in [0.5, 0.6) is 0 Å². The molecule has 0 aromatic carbocycles. The van der Waals surface area contributed by atoms with Crippen molar-refractivity contribution in [3.8, 4) is 0 Å². The maximum absolute atomic E-state index is 4.84. The second-order valence-electron chi connectivity index (χ2n) is 1.56. The van der Waals surface area contributed by atoms with Gasteiger partial charge < -0.3 is 3.07 Å². The fraction of sp³-hybridized carbons (Fsp3) is 1.00. The van der Waals surface area contributed by atoms with E-state index in [1.54, 1.807) is 0 Å². The molecule has 0 bridgehead atoms. The molecule has 0 amide bonds. The summed E-state index contributed by atoms with van der Waals surface area (Å²) >= 11 is 5.29. The maximum atomic E-state index is 4.84. The van der Waals surface area contributed by atoms with E-state index in [1.165, 1.54) is 19.3 Å². The van der Waals surface area contributed by atoms with Gasteiger partial charge in [0.25, 0.3) is 0 Å². The molecule has 0 aliphatic carbocycles. The smallest absolute Gasteiger partial charge is 0.109 e. The molecule has 8 heavy (non-hydrogen) atoms. The third-order valence-electron chi connectivity index (χ3n) is 0.855. The van der Waals surface area contributed by atoms with E-state index >= 15 is 0 Å². The summed E-state index contributed by atoms with van der Waals surface area (Å²) in [5, 5.41) is 1.12.